The first-order valence-electron chi connectivity index (χ1n) is 7.29. The molecule has 0 aromatic carbocycles. The summed E-state index contributed by atoms with van der Waals surface area (Å²) in [6.45, 7) is 2.73. The van der Waals surface area contributed by atoms with Crippen LogP contribution in [0.25, 0.3) is 0 Å². The van der Waals surface area contributed by atoms with Gasteiger partial charge in [0.1, 0.15) is 0 Å². The third kappa shape index (κ3) is 2.39. The molecule has 1 aliphatic heterocycles. The standard InChI is InChI=1S/C14H22N4O/c1-15-8-10-4-3-7-18(9-10)14(19)13-11-5-2-6-12(11)16-17-13/h10,15H,2-9H2,1H3,(H,16,17). The fraction of sp³-hybridized carbons (Fsp3) is 0.714. The number of likely N-dealkylation sites (tertiary alicyclic amines) is 1. The predicted molar refractivity (Wildman–Crippen MR) is 73.2 cm³/mol. The molecule has 104 valence electrons. The van der Waals surface area contributed by atoms with Crippen molar-refractivity contribution in [1.29, 1.82) is 0 Å². The van der Waals surface area contributed by atoms with Crippen molar-refractivity contribution in [3.05, 3.63) is 17.0 Å². The van der Waals surface area contributed by atoms with Gasteiger partial charge in [-0.25, -0.2) is 0 Å². The molecule has 1 atom stereocenters. The molecule has 1 amide bonds. The number of hydrogen-bond donors (Lipinski definition) is 2. The zero-order chi connectivity index (χ0) is 13.2. The Morgan fingerprint density at radius 2 is 2.37 bits per heavy atom. The zero-order valence-corrected chi connectivity index (χ0v) is 11.5. The number of aromatic nitrogens is 2. The first kappa shape index (κ1) is 12.7. The highest BCUT2D eigenvalue weighted by Crippen LogP contribution is 2.25. The number of amides is 1. The molecule has 5 heteroatoms. The molecule has 1 aromatic rings. The summed E-state index contributed by atoms with van der Waals surface area (Å²) < 4.78 is 0. The van der Waals surface area contributed by atoms with Crippen LogP contribution in [0.4, 0.5) is 0 Å². The van der Waals surface area contributed by atoms with E-state index < -0.39 is 0 Å². The molecule has 3 rings (SSSR count). The van der Waals surface area contributed by atoms with Crippen LogP contribution in [0.5, 0.6) is 0 Å². The highest BCUT2D eigenvalue weighted by molar-refractivity contribution is 5.94. The van der Waals surface area contributed by atoms with E-state index in [0.717, 1.165) is 45.3 Å². The number of carbonyl (C=O) groups is 1. The molecule has 1 aromatic heterocycles. The van der Waals surface area contributed by atoms with Crippen molar-refractivity contribution >= 4 is 5.91 Å². The molecule has 2 N–H and O–H groups in total. The molecule has 0 saturated carbocycles. The summed E-state index contributed by atoms with van der Waals surface area (Å²) in [7, 11) is 1.97. The van der Waals surface area contributed by atoms with E-state index in [2.05, 4.69) is 15.5 Å². The number of carbonyl (C=O) groups excluding carboxylic acids is 1. The fourth-order valence-corrected chi connectivity index (χ4v) is 3.35. The van der Waals surface area contributed by atoms with Crippen molar-refractivity contribution in [2.45, 2.75) is 32.1 Å². The highest BCUT2D eigenvalue weighted by atomic mass is 16.2. The Balaban J connectivity index is 1.72. The Hall–Kier alpha value is -1.36. The molecule has 2 aliphatic rings. The van der Waals surface area contributed by atoms with Crippen LogP contribution in [-0.4, -0.2) is 47.7 Å². The van der Waals surface area contributed by atoms with Gasteiger partial charge >= 0.3 is 0 Å². The average molecular weight is 262 g/mol. The van der Waals surface area contributed by atoms with Gasteiger partial charge in [-0.2, -0.15) is 5.10 Å². The summed E-state index contributed by atoms with van der Waals surface area (Å²) in [5.74, 6) is 0.704. The Labute approximate surface area is 113 Å². The number of rotatable bonds is 3. The molecule has 0 spiro atoms. The summed E-state index contributed by atoms with van der Waals surface area (Å²) in [5, 5.41) is 10.5. The highest BCUT2D eigenvalue weighted by Gasteiger charge is 2.29. The van der Waals surface area contributed by atoms with E-state index in [1.807, 2.05) is 11.9 Å². The van der Waals surface area contributed by atoms with Gasteiger partial charge in [0.15, 0.2) is 5.69 Å². The van der Waals surface area contributed by atoms with E-state index in [1.54, 1.807) is 0 Å². The molecule has 2 heterocycles. The average Bonchev–Trinajstić information content (AvgIpc) is 3.01. The van der Waals surface area contributed by atoms with E-state index in [1.165, 1.54) is 17.7 Å². The van der Waals surface area contributed by atoms with E-state index in [4.69, 9.17) is 0 Å². The van der Waals surface area contributed by atoms with Crippen molar-refractivity contribution in [2.75, 3.05) is 26.7 Å². The fourth-order valence-electron chi connectivity index (χ4n) is 3.35. The Bertz CT molecular complexity index is 466. The molecular weight excluding hydrogens is 240 g/mol. The Morgan fingerprint density at radius 3 is 3.21 bits per heavy atom. The number of aryl methyl sites for hydroxylation is 1. The molecule has 1 unspecified atom stereocenters. The second-order valence-electron chi connectivity index (χ2n) is 5.70. The van der Waals surface area contributed by atoms with Crippen LogP contribution >= 0.6 is 0 Å². The second kappa shape index (κ2) is 5.33. The normalized spacial score (nSPS) is 22.6. The molecule has 19 heavy (non-hydrogen) atoms. The minimum Gasteiger partial charge on any atom is -0.337 e. The number of nitrogens with one attached hydrogen (secondary N) is 2. The number of nitrogens with zero attached hydrogens (tertiary/aromatic N) is 2. The lowest BCUT2D eigenvalue weighted by Gasteiger charge is -2.32. The van der Waals surface area contributed by atoms with Crippen molar-refractivity contribution < 1.29 is 4.79 Å². The summed E-state index contributed by atoms with van der Waals surface area (Å²) in [4.78, 5) is 14.6. The van der Waals surface area contributed by atoms with Crippen LogP contribution in [0.15, 0.2) is 0 Å². The van der Waals surface area contributed by atoms with E-state index in [-0.39, 0.29) is 5.91 Å². The molecule has 1 saturated heterocycles. The quantitative estimate of drug-likeness (QED) is 0.853. The van der Waals surface area contributed by atoms with E-state index >= 15 is 0 Å². The number of H-pyrrole nitrogens is 1. The maximum absolute atomic E-state index is 12.6. The van der Waals surface area contributed by atoms with Crippen molar-refractivity contribution in [3.8, 4) is 0 Å². The van der Waals surface area contributed by atoms with Gasteiger partial charge < -0.3 is 10.2 Å². The Kier molecular flexibility index (Phi) is 3.55. The van der Waals surface area contributed by atoms with Crippen LogP contribution < -0.4 is 5.32 Å². The SMILES string of the molecule is CNCC1CCCN(C(=O)c2n[nH]c3c2CCC3)C1. The minimum atomic E-state index is 0.125. The smallest absolute Gasteiger partial charge is 0.274 e. The van der Waals surface area contributed by atoms with Gasteiger partial charge in [-0.1, -0.05) is 0 Å². The van der Waals surface area contributed by atoms with Crippen LogP contribution in [0.1, 0.15) is 41.0 Å². The number of aromatic amines is 1. The molecule has 1 fully saturated rings. The van der Waals surface area contributed by atoms with Gasteiger partial charge in [0.2, 0.25) is 0 Å². The van der Waals surface area contributed by atoms with Gasteiger partial charge in [0.25, 0.3) is 5.91 Å². The van der Waals surface area contributed by atoms with Crippen LogP contribution in [0.3, 0.4) is 0 Å². The lowest BCUT2D eigenvalue weighted by Crippen LogP contribution is -2.42. The van der Waals surface area contributed by atoms with Crippen LogP contribution in [0.2, 0.25) is 0 Å². The third-order valence-electron chi connectivity index (χ3n) is 4.31. The lowest BCUT2D eigenvalue weighted by molar-refractivity contribution is 0.0667. The Morgan fingerprint density at radius 1 is 1.47 bits per heavy atom. The molecule has 1 aliphatic carbocycles. The van der Waals surface area contributed by atoms with E-state index in [9.17, 15) is 4.79 Å². The minimum absolute atomic E-state index is 0.125. The van der Waals surface area contributed by atoms with Crippen LogP contribution in [-0.2, 0) is 12.8 Å². The van der Waals surface area contributed by atoms with Gasteiger partial charge in [-0.05, 0) is 51.6 Å². The van der Waals surface area contributed by atoms with Crippen molar-refractivity contribution in [2.24, 2.45) is 5.92 Å². The number of hydrogen-bond acceptors (Lipinski definition) is 3. The second-order valence-corrected chi connectivity index (χ2v) is 5.70. The largest absolute Gasteiger partial charge is 0.337 e. The molecule has 5 nitrogen and oxygen atoms in total. The lowest BCUT2D eigenvalue weighted by atomic mass is 9.97. The third-order valence-corrected chi connectivity index (χ3v) is 4.31. The topological polar surface area (TPSA) is 61.0 Å². The van der Waals surface area contributed by atoms with Gasteiger partial charge in [-0.3, -0.25) is 9.89 Å². The summed E-state index contributed by atoms with van der Waals surface area (Å²) in [6, 6.07) is 0. The molecular formula is C14H22N4O. The van der Waals surface area contributed by atoms with Gasteiger partial charge in [0, 0.05) is 24.3 Å². The number of piperidine rings is 1. The zero-order valence-electron chi connectivity index (χ0n) is 11.5. The van der Waals surface area contributed by atoms with Crippen LogP contribution in [0, 0.1) is 5.92 Å². The maximum atomic E-state index is 12.6. The summed E-state index contributed by atoms with van der Waals surface area (Å²) in [5.41, 5.74) is 3.02. The molecule has 0 bridgehead atoms. The molecule has 0 radical (unpaired) electrons. The van der Waals surface area contributed by atoms with Crippen molar-refractivity contribution in [3.63, 3.8) is 0 Å². The predicted octanol–water partition coefficient (Wildman–Crippen LogP) is 0.970. The number of fused-ring (bicyclic) bond motifs is 1. The summed E-state index contributed by atoms with van der Waals surface area (Å²) in [6.07, 6.45) is 5.50. The summed E-state index contributed by atoms with van der Waals surface area (Å²) >= 11 is 0. The first-order valence-corrected chi connectivity index (χ1v) is 7.29. The maximum Gasteiger partial charge on any atom is 0.274 e. The van der Waals surface area contributed by atoms with Gasteiger partial charge in [-0.15, -0.1) is 0 Å². The van der Waals surface area contributed by atoms with Crippen molar-refractivity contribution in [1.82, 2.24) is 20.4 Å². The monoisotopic (exact) mass is 262 g/mol. The van der Waals surface area contributed by atoms with E-state index in [0.29, 0.717) is 11.6 Å². The van der Waals surface area contributed by atoms with Gasteiger partial charge in [0.05, 0.1) is 0 Å². The first-order chi connectivity index (χ1) is 9.29.